The van der Waals surface area contributed by atoms with Crippen molar-refractivity contribution in [2.24, 2.45) is 0 Å². The van der Waals surface area contributed by atoms with Crippen molar-refractivity contribution in [3.63, 3.8) is 0 Å². The molecule has 2 aromatic carbocycles. The summed E-state index contributed by atoms with van der Waals surface area (Å²) >= 11 is 0. The fourth-order valence-corrected chi connectivity index (χ4v) is 3.35. The van der Waals surface area contributed by atoms with Crippen molar-refractivity contribution in [3.05, 3.63) is 78.8 Å². The molecule has 0 unspecified atom stereocenters. The van der Waals surface area contributed by atoms with Crippen molar-refractivity contribution in [1.82, 2.24) is 19.9 Å². The summed E-state index contributed by atoms with van der Waals surface area (Å²) in [6.07, 6.45) is 5.47. The van der Waals surface area contributed by atoms with E-state index in [1.54, 1.807) is 12.4 Å². The van der Waals surface area contributed by atoms with Gasteiger partial charge in [-0.1, -0.05) is 12.1 Å². The van der Waals surface area contributed by atoms with E-state index in [2.05, 4.69) is 40.4 Å². The van der Waals surface area contributed by atoms with Gasteiger partial charge >= 0.3 is 0 Å². The summed E-state index contributed by atoms with van der Waals surface area (Å²) in [7, 11) is 0. The summed E-state index contributed by atoms with van der Waals surface area (Å²) < 4.78 is 0. The smallest absolute Gasteiger partial charge is 0.162 e. The van der Waals surface area contributed by atoms with Gasteiger partial charge in [-0.05, 0) is 55.0 Å². The maximum absolute atomic E-state index is 4.82. The molecule has 0 aliphatic rings. The normalized spacial score (nSPS) is 11.1. The lowest BCUT2D eigenvalue weighted by Crippen LogP contribution is -2.00. The summed E-state index contributed by atoms with van der Waals surface area (Å²) in [5.74, 6) is 1.48. The molecule has 2 N–H and O–H groups in total. The molecule has 0 spiro atoms. The number of anilines is 2. The number of benzene rings is 2. The summed E-state index contributed by atoms with van der Waals surface area (Å²) in [5.41, 5.74) is 5.19. The molecular formula is C22H17N5. The number of aromatic amines is 1. The van der Waals surface area contributed by atoms with E-state index in [0.29, 0.717) is 5.82 Å². The lowest BCUT2D eigenvalue weighted by Gasteiger charge is -2.13. The van der Waals surface area contributed by atoms with Crippen LogP contribution in [0.15, 0.2) is 73.2 Å². The van der Waals surface area contributed by atoms with Crippen LogP contribution in [-0.2, 0) is 0 Å². The van der Waals surface area contributed by atoms with Gasteiger partial charge in [0.15, 0.2) is 5.82 Å². The van der Waals surface area contributed by atoms with Crippen molar-refractivity contribution in [1.29, 1.82) is 0 Å². The molecule has 0 aliphatic carbocycles. The number of fused-ring (bicyclic) bond motifs is 2. The van der Waals surface area contributed by atoms with Gasteiger partial charge in [0.05, 0.1) is 5.52 Å². The molecule has 0 saturated heterocycles. The van der Waals surface area contributed by atoms with Gasteiger partial charge in [0.25, 0.3) is 0 Å². The second kappa shape index (κ2) is 6.21. The van der Waals surface area contributed by atoms with Crippen molar-refractivity contribution in [2.75, 3.05) is 5.32 Å². The number of para-hydroxylation sites is 1. The molecular weight excluding hydrogens is 334 g/mol. The molecule has 0 saturated carbocycles. The second-order valence-electron chi connectivity index (χ2n) is 6.45. The molecule has 5 aromatic rings. The highest BCUT2D eigenvalue weighted by Gasteiger charge is 2.11. The van der Waals surface area contributed by atoms with Crippen LogP contribution in [0.2, 0.25) is 0 Å². The number of rotatable bonds is 3. The molecule has 27 heavy (non-hydrogen) atoms. The van der Waals surface area contributed by atoms with Crippen molar-refractivity contribution in [2.45, 2.75) is 6.92 Å². The quantitative estimate of drug-likeness (QED) is 0.467. The van der Waals surface area contributed by atoms with Gasteiger partial charge in [0.2, 0.25) is 0 Å². The minimum atomic E-state index is 0.680. The Hall–Kier alpha value is -3.73. The molecule has 3 heterocycles. The standard InChI is InChI=1S/C22H17N5/c1-14-16-10-13-24-19(16)7-6-18(14)25-22-17-4-2-3-5-20(17)26-21(27-22)15-8-11-23-12-9-15/h2-13,24H,1H3,(H,25,26,27). The van der Waals surface area contributed by atoms with Crippen LogP contribution in [0.4, 0.5) is 11.5 Å². The third-order valence-electron chi connectivity index (χ3n) is 4.80. The zero-order chi connectivity index (χ0) is 18.2. The van der Waals surface area contributed by atoms with Crippen LogP contribution in [0.1, 0.15) is 5.56 Å². The minimum Gasteiger partial charge on any atom is -0.361 e. The van der Waals surface area contributed by atoms with E-state index >= 15 is 0 Å². The van der Waals surface area contributed by atoms with Crippen molar-refractivity contribution < 1.29 is 0 Å². The number of nitrogens with one attached hydrogen (secondary N) is 2. The van der Waals surface area contributed by atoms with Gasteiger partial charge in [0.1, 0.15) is 5.82 Å². The summed E-state index contributed by atoms with van der Waals surface area (Å²) in [6, 6.07) is 18.1. The molecule has 0 atom stereocenters. The van der Waals surface area contributed by atoms with Crippen molar-refractivity contribution >= 4 is 33.3 Å². The minimum absolute atomic E-state index is 0.680. The van der Waals surface area contributed by atoms with Crippen LogP contribution >= 0.6 is 0 Å². The highest BCUT2D eigenvalue weighted by atomic mass is 15.0. The highest BCUT2D eigenvalue weighted by Crippen LogP contribution is 2.31. The average molecular weight is 351 g/mol. The van der Waals surface area contributed by atoms with E-state index in [1.165, 1.54) is 10.9 Å². The molecule has 0 aliphatic heterocycles. The fourth-order valence-electron chi connectivity index (χ4n) is 3.35. The van der Waals surface area contributed by atoms with E-state index in [-0.39, 0.29) is 0 Å². The summed E-state index contributed by atoms with van der Waals surface area (Å²) in [5, 5.41) is 5.72. The summed E-state index contributed by atoms with van der Waals surface area (Å²) in [4.78, 5) is 16.9. The molecule has 5 rings (SSSR count). The molecule has 0 fully saturated rings. The van der Waals surface area contributed by atoms with E-state index in [9.17, 15) is 0 Å². The predicted molar refractivity (Wildman–Crippen MR) is 109 cm³/mol. The Balaban J connectivity index is 1.68. The lowest BCUT2D eigenvalue weighted by atomic mass is 10.1. The number of nitrogens with zero attached hydrogens (tertiary/aromatic N) is 3. The molecule has 0 radical (unpaired) electrons. The number of pyridine rings is 1. The SMILES string of the molecule is Cc1c(Nc2nc(-c3ccncc3)nc3ccccc23)ccc2[nH]ccc12. The number of hydrogen-bond acceptors (Lipinski definition) is 4. The second-order valence-corrected chi connectivity index (χ2v) is 6.45. The van der Waals surface area contributed by atoms with Crippen LogP contribution in [0, 0.1) is 6.92 Å². The van der Waals surface area contributed by atoms with Crippen molar-refractivity contribution in [3.8, 4) is 11.4 Å². The third-order valence-corrected chi connectivity index (χ3v) is 4.80. The van der Waals surface area contributed by atoms with Crippen LogP contribution in [-0.4, -0.2) is 19.9 Å². The predicted octanol–water partition coefficient (Wildman–Crippen LogP) is 5.23. The van der Waals surface area contributed by atoms with E-state index in [0.717, 1.165) is 33.5 Å². The maximum Gasteiger partial charge on any atom is 0.162 e. The Labute approximate surface area is 156 Å². The molecule has 0 bridgehead atoms. The number of H-pyrrole nitrogens is 1. The first kappa shape index (κ1) is 15.5. The van der Waals surface area contributed by atoms with Crippen LogP contribution < -0.4 is 5.32 Å². The molecule has 3 aromatic heterocycles. The Bertz CT molecular complexity index is 1260. The van der Waals surface area contributed by atoms with Gasteiger partial charge in [0, 0.05) is 46.1 Å². The number of aromatic nitrogens is 4. The zero-order valence-electron chi connectivity index (χ0n) is 14.8. The number of hydrogen-bond donors (Lipinski definition) is 2. The Morgan fingerprint density at radius 1 is 0.852 bits per heavy atom. The maximum atomic E-state index is 4.82. The van der Waals surface area contributed by atoms with E-state index in [4.69, 9.17) is 9.97 Å². The lowest BCUT2D eigenvalue weighted by molar-refractivity contribution is 1.21. The fraction of sp³-hybridized carbons (Fsp3) is 0.0455. The topological polar surface area (TPSA) is 66.5 Å². The average Bonchev–Trinajstić information content (AvgIpc) is 3.20. The molecule has 5 nitrogen and oxygen atoms in total. The van der Waals surface area contributed by atoms with Crippen LogP contribution in [0.5, 0.6) is 0 Å². The van der Waals surface area contributed by atoms with Crippen LogP contribution in [0.3, 0.4) is 0 Å². The van der Waals surface area contributed by atoms with Gasteiger partial charge in [-0.2, -0.15) is 0 Å². The first-order chi connectivity index (χ1) is 13.3. The van der Waals surface area contributed by atoms with Gasteiger partial charge in [-0.25, -0.2) is 9.97 Å². The molecule has 130 valence electrons. The van der Waals surface area contributed by atoms with E-state index in [1.807, 2.05) is 42.6 Å². The number of aryl methyl sites for hydroxylation is 1. The van der Waals surface area contributed by atoms with E-state index < -0.39 is 0 Å². The van der Waals surface area contributed by atoms with Gasteiger partial charge in [-0.15, -0.1) is 0 Å². The monoisotopic (exact) mass is 351 g/mol. The zero-order valence-corrected chi connectivity index (χ0v) is 14.8. The van der Waals surface area contributed by atoms with Crippen LogP contribution in [0.25, 0.3) is 33.2 Å². The third kappa shape index (κ3) is 2.69. The van der Waals surface area contributed by atoms with Gasteiger partial charge < -0.3 is 10.3 Å². The first-order valence-electron chi connectivity index (χ1n) is 8.80. The largest absolute Gasteiger partial charge is 0.361 e. The highest BCUT2D eigenvalue weighted by molar-refractivity contribution is 5.94. The summed E-state index contributed by atoms with van der Waals surface area (Å²) in [6.45, 7) is 2.12. The van der Waals surface area contributed by atoms with Gasteiger partial charge in [-0.3, -0.25) is 4.98 Å². The molecule has 5 heteroatoms. The first-order valence-corrected chi connectivity index (χ1v) is 8.80. The molecule has 0 amide bonds. The Kier molecular flexibility index (Phi) is 3.57. The Morgan fingerprint density at radius 3 is 2.59 bits per heavy atom. The Morgan fingerprint density at radius 2 is 1.70 bits per heavy atom.